The normalized spacial score (nSPS) is 11.6. The molecule has 0 fully saturated rings. The summed E-state index contributed by atoms with van der Waals surface area (Å²) in [5.41, 5.74) is 7.37. The van der Waals surface area contributed by atoms with Gasteiger partial charge in [-0.3, -0.25) is 9.59 Å². The zero-order valence-electron chi connectivity index (χ0n) is 13.9. The number of halogens is 1. The van der Waals surface area contributed by atoms with Crippen molar-refractivity contribution >= 4 is 11.8 Å². The molecule has 0 radical (unpaired) electrons. The fourth-order valence-electron chi connectivity index (χ4n) is 2.28. The maximum Gasteiger partial charge on any atom is 0.251 e. The zero-order chi connectivity index (χ0) is 18.1. The summed E-state index contributed by atoms with van der Waals surface area (Å²) in [5, 5.41) is 5.49. The highest BCUT2D eigenvalue weighted by molar-refractivity contribution is 5.94. The molecule has 4 N–H and O–H groups in total. The molecule has 0 aromatic heterocycles. The topological polar surface area (TPSA) is 84.2 Å². The number of hydrogen-bond donors (Lipinski definition) is 3. The Kier molecular flexibility index (Phi) is 7.10. The zero-order valence-corrected chi connectivity index (χ0v) is 13.9. The van der Waals surface area contributed by atoms with Gasteiger partial charge in [-0.25, -0.2) is 4.39 Å². The standard InChI is InChI=1S/C19H22FN3O2/c20-16-10-8-15(9-11-16)19(25)22-12-4-7-18(24)23-13-17(21)14-5-2-1-3-6-14/h1-3,5-6,8-11,17H,4,7,12-13,21H2,(H,22,25)(H,23,24). The molecule has 6 heteroatoms. The summed E-state index contributed by atoms with van der Waals surface area (Å²) in [6.45, 7) is 0.735. The van der Waals surface area contributed by atoms with E-state index in [0.29, 0.717) is 31.5 Å². The van der Waals surface area contributed by atoms with E-state index in [1.54, 1.807) is 0 Å². The summed E-state index contributed by atoms with van der Waals surface area (Å²) < 4.78 is 12.8. The number of nitrogens with one attached hydrogen (secondary N) is 2. The van der Waals surface area contributed by atoms with Gasteiger partial charge >= 0.3 is 0 Å². The fraction of sp³-hybridized carbons (Fsp3) is 0.263. The number of hydrogen-bond acceptors (Lipinski definition) is 3. The molecule has 0 bridgehead atoms. The van der Waals surface area contributed by atoms with Gasteiger partial charge in [-0.15, -0.1) is 0 Å². The molecule has 0 spiro atoms. The molecule has 132 valence electrons. The van der Waals surface area contributed by atoms with E-state index in [-0.39, 0.29) is 23.7 Å². The molecule has 2 aromatic rings. The van der Waals surface area contributed by atoms with Gasteiger partial charge in [0.1, 0.15) is 5.82 Å². The third-order valence-electron chi connectivity index (χ3n) is 3.72. The van der Waals surface area contributed by atoms with E-state index in [9.17, 15) is 14.0 Å². The third-order valence-corrected chi connectivity index (χ3v) is 3.72. The number of carbonyl (C=O) groups excluding carboxylic acids is 2. The van der Waals surface area contributed by atoms with Crippen molar-refractivity contribution in [1.29, 1.82) is 0 Å². The van der Waals surface area contributed by atoms with Crippen LogP contribution in [0.4, 0.5) is 4.39 Å². The Morgan fingerprint density at radius 1 is 1.00 bits per heavy atom. The van der Waals surface area contributed by atoms with E-state index in [2.05, 4.69) is 10.6 Å². The molecule has 0 saturated carbocycles. The van der Waals surface area contributed by atoms with Gasteiger partial charge in [-0.1, -0.05) is 30.3 Å². The summed E-state index contributed by atoms with van der Waals surface area (Å²) in [6, 6.07) is 14.6. The van der Waals surface area contributed by atoms with Crippen molar-refractivity contribution in [3.63, 3.8) is 0 Å². The summed E-state index contributed by atoms with van der Waals surface area (Å²) in [5.74, 6) is -0.782. The van der Waals surface area contributed by atoms with Gasteiger partial charge in [0.15, 0.2) is 0 Å². The van der Waals surface area contributed by atoms with Crippen LogP contribution in [0.3, 0.4) is 0 Å². The van der Waals surface area contributed by atoms with Crippen molar-refractivity contribution in [2.24, 2.45) is 5.73 Å². The Morgan fingerprint density at radius 2 is 1.68 bits per heavy atom. The van der Waals surface area contributed by atoms with Crippen LogP contribution in [0.2, 0.25) is 0 Å². The van der Waals surface area contributed by atoms with Gasteiger partial charge < -0.3 is 16.4 Å². The van der Waals surface area contributed by atoms with Crippen LogP contribution in [-0.4, -0.2) is 24.9 Å². The van der Waals surface area contributed by atoms with Gasteiger partial charge in [0.05, 0.1) is 0 Å². The number of benzene rings is 2. The first-order valence-corrected chi connectivity index (χ1v) is 8.17. The first-order valence-electron chi connectivity index (χ1n) is 8.17. The Bertz CT molecular complexity index is 690. The lowest BCUT2D eigenvalue weighted by Crippen LogP contribution is -2.32. The van der Waals surface area contributed by atoms with Gasteiger partial charge in [-0.05, 0) is 36.2 Å². The van der Waals surface area contributed by atoms with Crippen LogP contribution in [0.5, 0.6) is 0 Å². The minimum atomic E-state index is -0.387. The molecule has 1 unspecified atom stereocenters. The molecule has 2 amide bonds. The maximum atomic E-state index is 12.8. The first-order chi connectivity index (χ1) is 12.1. The van der Waals surface area contributed by atoms with Crippen molar-refractivity contribution in [2.75, 3.05) is 13.1 Å². The molecule has 2 aromatic carbocycles. The summed E-state index contributed by atoms with van der Waals surface area (Å²) >= 11 is 0. The SMILES string of the molecule is NC(CNC(=O)CCCNC(=O)c1ccc(F)cc1)c1ccccc1. The van der Waals surface area contributed by atoms with Gasteiger partial charge in [-0.2, -0.15) is 0 Å². The molecule has 0 aliphatic heterocycles. The van der Waals surface area contributed by atoms with E-state index in [1.807, 2.05) is 30.3 Å². The molecular formula is C19H22FN3O2. The van der Waals surface area contributed by atoms with E-state index >= 15 is 0 Å². The Hall–Kier alpha value is -2.73. The predicted molar refractivity (Wildman–Crippen MR) is 94.3 cm³/mol. The second-order valence-corrected chi connectivity index (χ2v) is 5.69. The average molecular weight is 343 g/mol. The lowest BCUT2D eigenvalue weighted by Gasteiger charge is -2.13. The molecule has 0 heterocycles. The van der Waals surface area contributed by atoms with Crippen molar-refractivity contribution in [3.05, 3.63) is 71.5 Å². The molecule has 0 aliphatic carbocycles. The molecule has 5 nitrogen and oxygen atoms in total. The van der Waals surface area contributed by atoms with Gasteiger partial charge in [0.2, 0.25) is 5.91 Å². The van der Waals surface area contributed by atoms with E-state index in [4.69, 9.17) is 5.73 Å². The Labute approximate surface area is 146 Å². The summed E-state index contributed by atoms with van der Waals surface area (Å²) in [7, 11) is 0. The minimum absolute atomic E-state index is 0.109. The molecule has 1 atom stereocenters. The second-order valence-electron chi connectivity index (χ2n) is 5.69. The van der Waals surface area contributed by atoms with Crippen LogP contribution in [0, 0.1) is 5.82 Å². The average Bonchev–Trinajstić information content (AvgIpc) is 2.64. The molecule has 2 rings (SSSR count). The number of carbonyl (C=O) groups is 2. The minimum Gasteiger partial charge on any atom is -0.354 e. The van der Waals surface area contributed by atoms with Crippen LogP contribution < -0.4 is 16.4 Å². The monoisotopic (exact) mass is 343 g/mol. The van der Waals surface area contributed by atoms with Crippen molar-refractivity contribution in [3.8, 4) is 0 Å². The van der Waals surface area contributed by atoms with E-state index in [1.165, 1.54) is 24.3 Å². The maximum absolute atomic E-state index is 12.8. The van der Waals surface area contributed by atoms with Gasteiger partial charge in [0, 0.05) is 31.1 Å². The largest absolute Gasteiger partial charge is 0.354 e. The van der Waals surface area contributed by atoms with Crippen LogP contribution in [0.15, 0.2) is 54.6 Å². The quantitative estimate of drug-likeness (QED) is 0.642. The highest BCUT2D eigenvalue weighted by Gasteiger charge is 2.08. The van der Waals surface area contributed by atoms with E-state index < -0.39 is 0 Å². The summed E-state index contributed by atoms with van der Waals surface area (Å²) in [4.78, 5) is 23.6. The first kappa shape index (κ1) is 18.6. The predicted octanol–water partition coefficient (Wildman–Crippen LogP) is 2.15. The molecular weight excluding hydrogens is 321 g/mol. The molecule has 0 saturated heterocycles. The Balaban J connectivity index is 1.62. The van der Waals surface area contributed by atoms with Crippen molar-refractivity contribution in [1.82, 2.24) is 10.6 Å². The van der Waals surface area contributed by atoms with E-state index in [0.717, 1.165) is 5.56 Å². The lowest BCUT2D eigenvalue weighted by molar-refractivity contribution is -0.121. The Morgan fingerprint density at radius 3 is 2.36 bits per heavy atom. The third kappa shape index (κ3) is 6.35. The van der Waals surface area contributed by atoms with Gasteiger partial charge in [0.25, 0.3) is 5.91 Å². The number of amides is 2. The van der Waals surface area contributed by atoms with Crippen molar-refractivity contribution in [2.45, 2.75) is 18.9 Å². The molecule has 0 aliphatic rings. The van der Waals surface area contributed by atoms with Crippen LogP contribution >= 0.6 is 0 Å². The number of rotatable bonds is 8. The highest BCUT2D eigenvalue weighted by Crippen LogP contribution is 2.08. The van der Waals surface area contributed by atoms with Crippen LogP contribution in [0.1, 0.15) is 34.8 Å². The number of nitrogens with two attached hydrogens (primary N) is 1. The highest BCUT2D eigenvalue weighted by atomic mass is 19.1. The van der Waals surface area contributed by atoms with Crippen LogP contribution in [0.25, 0.3) is 0 Å². The molecule has 25 heavy (non-hydrogen) atoms. The van der Waals surface area contributed by atoms with Crippen molar-refractivity contribution < 1.29 is 14.0 Å². The lowest BCUT2D eigenvalue weighted by atomic mass is 10.1. The fourth-order valence-corrected chi connectivity index (χ4v) is 2.28. The van der Waals surface area contributed by atoms with Crippen LogP contribution in [-0.2, 0) is 4.79 Å². The summed E-state index contributed by atoms with van der Waals surface area (Å²) in [6.07, 6.45) is 0.810. The smallest absolute Gasteiger partial charge is 0.251 e. The second kappa shape index (κ2) is 9.54.